The number of ether oxygens (including phenoxy) is 1. The molecule has 114 valence electrons. The molecule has 5 nitrogen and oxygen atoms in total. The van der Waals surface area contributed by atoms with Crippen LogP contribution in [0.4, 0.5) is 0 Å². The Balaban J connectivity index is 1.46. The van der Waals surface area contributed by atoms with Gasteiger partial charge in [0.15, 0.2) is 0 Å². The summed E-state index contributed by atoms with van der Waals surface area (Å²) in [5.41, 5.74) is 0.983. The quantitative estimate of drug-likeness (QED) is 0.903. The zero-order valence-electron chi connectivity index (χ0n) is 12.1. The van der Waals surface area contributed by atoms with Gasteiger partial charge >= 0.3 is 0 Å². The van der Waals surface area contributed by atoms with Crippen LogP contribution in [0.3, 0.4) is 0 Å². The number of hydrogen-bond donors (Lipinski definition) is 1. The van der Waals surface area contributed by atoms with Crippen molar-refractivity contribution in [1.82, 2.24) is 15.1 Å². The predicted molar refractivity (Wildman–Crippen MR) is 81.1 cm³/mol. The van der Waals surface area contributed by atoms with E-state index in [4.69, 9.17) is 4.74 Å². The average Bonchev–Trinajstić information content (AvgIpc) is 2.99. The maximum Gasteiger partial charge on any atom is 0.244 e. The molecular formula is C15H21N3O2S. The minimum Gasteiger partial charge on any atom is -0.379 e. The lowest BCUT2D eigenvalue weighted by Gasteiger charge is -2.30. The first-order valence-corrected chi connectivity index (χ1v) is 8.64. The van der Waals surface area contributed by atoms with Crippen molar-refractivity contribution in [3.05, 3.63) is 22.4 Å². The van der Waals surface area contributed by atoms with Gasteiger partial charge in [0.25, 0.3) is 0 Å². The molecule has 1 aliphatic carbocycles. The third kappa shape index (κ3) is 2.50. The molecule has 2 aliphatic heterocycles. The number of amides is 1. The number of hydrogen-bond acceptors (Lipinski definition) is 5. The molecular weight excluding hydrogens is 286 g/mol. The lowest BCUT2D eigenvalue weighted by atomic mass is 10.2. The lowest BCUT2D eigenvalue weighted by Crippen LogP contribution is -2.43. The monoisotopic (exact) mass is 307 g/mol. The van der Waals surface area contributed by atoms with E-state index in [9.17, 15) is 4.79 Å². The van der Waals surface area contributed by atoms with E-state index in [1.165, 1.54) is 5.56 Å². The molecule has 6 heteroatoms. The van der Waals surface area contributed by atoms with Crippen LogP contribution in [0.25, 0.3) is 0 Å². The molecule has 1 amide bonds. The number of carbonyl (C=O) groups excluding carboxylic acids is 1. The van der Waals surface area contributed by atoms with Crippen molar-refractivity contribution >= 4 is 17.2 Å². The molecule has 3 heterocycles. The number of carbonyl (C=O) groups is 1. The van der Waals surface area contributed by atoms with Gasteiger partial charge in [-0.3, -0.25) is 15.0 Å². The number of rotatable bonds is 4. The van der Waals surface area contributed by atoms with Crippen LogP contribution in [0, 0.1) is 0 Å². The van der Waals surface area contributed by atoms with E-state index < -0.39 is 0 Å². The summed E-state index contributed by atoms with van der Waals surface area (Å²) < 4.78 is 5.38. The molecule has 3 fully saturated rings. The molecule has 0 radical (unpaired) electrons. The molecule has 1 aromatic heterocycles. The maximum absolute atomic E-state index is 12.7. The topological polar surface area (TPSA) is 44.8 Å². The first kappa shape index (κ1) is 13.7. The molecule has 2 saturated heterocycles. The second-order valence-electron chi connectivity index (χ2n) is 6.14. The van der Waals surface area contributed by atoms with Crippen molar-refractivity contribution in [3.63, 3.8) is 0 Å². The number of morpholine rings is 1. The van der Waals surface area contributed by atoms with Crippen LogP contribution in [-0.4, -0.2) is 60.6 Å². The van der Waals surface area contributed by atoms with Gasteiger partial charge in [0.2, 0.25) is 5.91 Å². The normalized spacial score (nSPS) is 28.5. The molecule has 4 rings (SSSR count). The SMILES string of the molecule is O=C1N(CCN2CCOCC2)C(c2ccsc2)NC12CC2. The molecule has 1 aromatic rings. The van der Waals surface area contributed by atoms with Gasteiger partial charge < -0.3 is 9.64 Å². The van der Waals surface area contributed by atoms with E-state index in [0.29, 0.717) is 5.91 Å². The van der Waals surface area contributed by atoms with Crippen molar-refractivity contribution in [2.45, 2.75) is 24.5 Å². The fraction of sp³-hybridized carbons (Fsp3) is 0.667. The van der Waals surface area contributed by atoms with E-state index in [0.717, 1.165) is 52.2 Å². The van der Waals surface area contributed by atoms with Crippen LogP contribution in [0.1, 0.15) is 24.6 Å². The third-order valence-electron chi connectivity index (χ3n) is 4.76. The first-order chi connectivity index (χ1) is 10.3. The van der Waals surface area contributed by atoms with Gasteiger partial charge in [-0.25, -0.2) is 0 Å². The number of nitrogens with one attached hydrogen (secondary N) is 1. The number of thiophene rings is 1. The molecule has 1 atom stereocenters. The summed E-state index contributed by atoms with van der Waals surface area (Å²) in [4.78, 5) is 17.1. The van der Waals surface area contributed by atoms with Gasteiger partial charge in [-0.15, -0.1) is 0 Å². The minimum atomic E-state index is -0.238. The highest BCUT2D eigenvalue weighted by atomic mass is 32.1. The van der Waals surface area contributed by atoms with Gasteiger partial charge in [-0.05, 0) is 35.2 Å². The molecule has 0 bridgehead atoms. The highest BCUT2D eigenvalue weighted by molar-refractivity contribution is 7.07. The second kappa shape index (κ2) is 5.35. The minimum absolute atomic E-state index is 0.0623. The average molecular weight is 307 g/mol. The van der Waals surface area contributed by atoms with Crippen LogP contribution in [0.2, 0.25) is 0 Å². The Morgan fingerprint density at radius 3 is 2.81 bits per heavy atom. The van der Waals surface area contributed by atoms with Crippen LogP contribution in [-0.2, 0) is 9.53 Å². The van der Waals surface area contributed by atoms with E-state index in [1.807, 2.05) is 4.90 Å². The Labute approximate surface area is 128 Å². The molecule has 1 unspecified atom stereocenters. The lowest BCUT2D eigenvalue weighted by molar-refractivity contribution is -0.131. The van der Waals surface area contributed by atoms with Crippen molar-refractivity contribution in [3.8, 4) is 0 Å². The number of nitrogens with zero attached hydrogens (tertiary/aromatic N) is 2. The van der Waals surface area contributed by atoms with Gasteiger partial charge in [-0.2, -0.15) is 11.3 Å². The van der Waals surface area contributed by atoms with Gasteiger partial charge in [0.1, 0.15) is 11.7 Å². The Morgan fingerprint density at radius 1 is 1.33 bits per heavy atom. The summed E-state index contributed by atoms with van der Waals surface area (Å²) in [7, 11) is 0. The van der Waals surface area contributed by atoms with Gasteiger partial charge in [-0.1, -0.05) is 0 Å². The smallest absolute Gasteiger partial charge is 0.244 e. The standard InChI is InChI=1S/C15H21N3O2S/c19-14-15(2-3-15)16-13(12-1-10-21-11-12)18(14)5-4-17-6-8-20-9-7-17/h1,10-11,13,16H,2-9H2. The zero-order valence-corrected chi connectivity index (χ0v) is 12.9. The zero-order chi connectivity index (χ0) is 14.3. The Morgan fingerprint density at radius 2 is 2.14 bits per heavy atom. The van der Waals surface area contributed by atoms with Crippen molar-refractivity contribution < 1.29 is 9.53 Å². The second-order valence-corrected chi connectivity index (χ2v) is 6.92. The van der Waals surface area contributed by atoms with Gasteiger partial charge in [0.05, 0.1) is 13.2 Å². The van der Waals surface area contributed by atoms with Crippen LogP contribution >= 0.6 is 11.3 Å². The molecule has 1 N–H and O–H groups in total. The van der Waals surface area contributed by atoms with Crippen LogP contribution < -0.4 is 5.32 Å². The summed E-state index contributed by atoms with van der Waals surface area (Å²) >= 11 is 1.69. The van der Waals surface area contributed by atoms with Crippen LogP contribution in [0.5, 0.6) is 0 Å². The molecule has 1 spiro atoms. The molecule has 21 heavy (non-hydrogen) atoms. The maximum atomic E-state index is 12.7. The van der Waals surface area contributed by atoms with E-state index >= 15 is 0 Å². The van der Waals surface area contributed by atoms with Crippen molar-refractivity contribution in [1.29, 1.82) is 0 Å². The van der Waals surface area contributed by atoms with Crippen molar-refractivity contribution in [2.75, 3.05) is 39.4 Å². The summed E-state index contributed by atoms with van der Waals surface area (Å²) in [6.07, 6.45) is 2.04. The molecule has 0 aromatic carbocycles. The first-order valence-electron chi connectivity index (χ1n) is 7.69. The Hall–Kier alpha value is -0.950. The van der Waals surface area contributed by atoms with Crippen molar-refractivity contribution in [2.24, 2.45) is 0 Å². The predicted octanol–water partition coefficient (Wildman–Crippen LogP) is 1.04. The summed E-state index contributed by atoms with van der Waals surface area (Å²) in [5, 5.41) is 7.80. The third-order valence-corrected chi connectivity index (χ3v) is 5.47. The molecule has 1 saturated carbocycles. The fourth-order valence-corrected chi connectivity index (χ4v) is 3.95. The van der Waals surface area contributed by atoms with E-state index in [1.54, 1.807) is 11.3 Å². The summed E-state index contributed by atoms with van der Waals surface area (Å²) in [6.45, 7) is 5.31. The van der Waals surface area contributed by atoms with Crippen LogP contribution in [0.15, 0.2) is 16.8 Å². The summed E-state index contributed by atoms with van der Waals surface area (Å²) in [6, 6.07) is 2.12. The largest absolute Gasteiger partial charge is 0.379 e. The van der Waals surface area contributed by atoms with E-state index in [-0.39, 0.29) is 11.7 Å². The Bertz CT molecular complexity index is 509. The Kier molecular flexibility index (Phi) is 3.49. The highest BCUT2D eigenvalue weighted by Crippen LogP contribution is 2.46. The summed E-state index contributed by atoms with van der Waals surface area (Å²) in [5.74, 6) is 0.298. The van der Waals surface area contributed by atoms with Gasteiger partial charge in [0, 0.05) is 26.2 Å². The van der Waals surface area contributed by atoms with E-state index in [2.05, 4.69) is 27.0 Å². The molecule has 3 aliphatic rings. The fourth-order valence-electron chi connectivity index (χ4n) is 3.28. The highest BCUT2D eigenvalue weighted by Gasteiger charge is 2.59.